The monoisotopic (exact) mass is 338 g/mol. The molecule has 0 spiro atoms. The lowest BCUT2D eigenvalue weighted by Gasteiger charge is -2.20. The summed E-state index contributed by atoms with van der Waals surface area (Å²) in [4.78, 5) is 18.0. The van der Waals surface area contributed by atoms with Crippen LogP contribution in [0.4, 0.5) is 26.3 Å². The SMILES string of the molecule is CC1C(=O)C=C(C(F)(F)F)C=C1Oc1nccc(C(F)(F)F)n1. The zero-order valence-electron chi connectivity index (χ0n) is 11.4. The lowest BCUT2D eigenvalue weighted by molar-refractivity contribution is -0.141. The number of hydrogen-bond acceptors (Lipinski definition) is 4. The van der Waals surface area contributed by atoms with Crippen molar-refractivity contribution >= 4 is 5.78 Å². The van der Waals surface area contributed by atoms with E-state index in [0.29, 0.717) is 18.2 Å². The Morgan fingerprint density at radius 2 is 1.74 bits per heavy atom. The maximum Gasteiger partial charge on any atom is 0.433 e. The number of allylic oxidation sites excluding steroid dienone is 4. The van der Waals surface area contributed by atoms with Crippen LogP contribution >= 0.6 is 0 Å². The predicted octanol–water partition coefficient (Wildman–Crippen LogP) is 3.47. The summed E-state index contributed by atoms with van der Waals surface area (Å²) < 4.78 is 80.5. The molecular weight excluding hydrogens is 330 g/mol. The van der Waals surface area contributed by atoms with Crippen LogP contribution in [-0.2, 0) is 11.0 Å². The molecule has 1 aromatic heterocycles. The summed E-state index contributed by atoms with van der Waals surface area (Å²) in [6.07, 6.45) is -7.86. The van der Waals surface area contributed by atoms with E-state index in [-0.39, 0.29) is 0 Å². The maximum absolute atomic E-state index is 12.7. The fourth-order valence-corrected chi connectivity index (χ4v) is 1.67. The summed E-state index contributed by atoms with van der Waals surface area (Å²) in [5.74, 6) is -2.47. The number of halogens is 6. The second-order valence-electron chi connectivity index (χ2n) is 4.59. The lowest BCUT2D eigenvalue weighted by atomic mass is 9.94. The van der Waals surface area contributed by atoms with E-state index in [2.05, 4.69) is 9.97 Å². The Kier molecular flexibility index (Phi) is 4.18. The average molecular weight is 338 g/mol. The fraction of sp³-hybridized carbons (Fsp3) is 0.308. The summed E-state index contributed by atoms with van der Waals surface area (Å²) in [6.45, 7) is 1.26. The third-order valence-electron chi connectivity index (χ3n) is 2.91. The molecule has 4 nitrogen and oxygen atoms in total. The van der Waals surface area contributed by atoms with Crippen molar-refractivity contribution in [2.75, 3.05) is 0 Å². The van der Waals surface area contributed by atoms with Crippen molar-refractivity contribution in [2.24, 2.45) is 5.92 Å². The quantitative estimate of drug-likeness (QED) is 0.775. The van der Waals surface area contributed by atoms with E-state index in [1.807, 2.05) is 0 Å². The van der Waals surface area contributed by atoms with Gasteiger partial charge in [0.1, 0.15) is 5.76 Å². The van der Waals surface area contributed by atoms with Crippen LogP contribution in [0.2, 0.25) is 0 Å². The molecule has 1 aliphatic carbocycles. The van der Waals surface area contributed by atoms with Crippen molar-refractivity contribution in [2.45, 2.75) is 19.3 Å². The number of ether oxygens (including phenoxy) is 1. The third-order valence-corrected chi connectivity index (χ3v) is 2.91. The minimum absolute atomic E-state index is 0.407. The topological polar surface area (TPSA) is 52.1 Å². The van der Waals surface area contributed by atoms with Gasteiger partial charge in [0.2, 0.25) is 0 Å². The maximum atomic E-state index is 12.7. The van der Waals surface area contributed by atoms with E-state index in [0.717, 1.165) is 6.20 Å². The zero-order chi connectivity index (χ0) is 17.4. The van der Waals surface area contributed by atoms with Gasteiger partial charge < -0.3 is 4.74 Å². The van der Waals surface area contributed by atoms with E-state index in [4.69, 9.17) is 4.74 Å². The second-order valence-corrected chi connectivity index (χ2v) is 4.59. The Bertz CT molecular complexity index is 690. The summed E-state index contributed by atoms with van der Waals surface area (Å²) in [5, 5.41) is 0. The fourth-order valence-electron chi connectivity index (χ4n) is 1.67. The van der Waals surface area contributed by atoms with Gasteiger partial charge in [0.15, 0.2) is 11.5 Å². The number of carbonyl (C=O) groups is 1. The molecule has 0 amide bonds. The molecule has 1 unspecified atom stereocenters. The standard InChI is InChI=1S/C13H8F6N2O2/c1-6-8(22)4-7(12(14,15)16)5-9(6)23-11-20-3-2-10(21-11)13(17,18)19/h2-6H,1H3. The van der Waals surface area contributed by atoms with E-state index >= 15 is 0 Å². The molecule has 1 aliphatic rings. The molecule has 0 radical (unpaired) electrons. The van der Waals surface area contributed by atoms with Gasteiger partial charge in [-0.2, -0.15) is 31.3 Å². The Morgan fingerprint density at radius 3 is 2.30 bits per heavy atom. The number of hydrogen-bond donors (Lipinski definition) is 0. The molecule has 0 N–H and O–H groups in total. The van der Waals surface area contributed by atoms with Gasteiger partial charge in [0.05, 0.1) is 11.5 Å². The molecular formula is C13H8F6N2O2. The first kappa shape index (κ1) is 17.0. The van der Waals surface area contributed by atoms with Gasteiger partial charge in [-0.3, -0.25) is 4.79 Å². The van der Waals surface area contributed by atoms with Crippen LogP contribution < -0.4 is 4.74 Å². The van der Waals surface area contributed by atoms with Gasteiger partial charge in [-0.15, -0.1) is 0 Å². The van der Waals surface area contributed by atoms with Crippen molar-refractivity contribution in [3.8, 4) is 6.01 Å². The Labute approximate surface area is 125 Å². The minimum atomic E-state index is -4.79. The highest BCUT2D eigenvalue weighted by atomic mass is 19.4. The molecule has 23 heavy (non-hydrogen) atoms. The van der Waals surface area contributed by atoms with E-state index in [9.17, 15) is 31.1 Å². The van der Waals surface area contributed by atoms with Crippen molar-refractivity contribution in [3.63, 3.8) is 0 Å². The normalized spacial score (nSPS) is 19.3. The number of ketones is 1. The lowest BCUT2D eigenvalue weighted by Crippen LogP contribution is -2.24. The largest absolute Gasteiger partial charge is 0.433 e. The van der Waals surface area contributed by atoms with Crippen LogP contribution in [0.3, 0.4) is 0 Å². The van der Waals surface area contributed by atoms with Crippen LogP contribution in [0.1, 0.15) is 12.6 Å². The Balaban J connectivity index is 2.33. The number of aromatic nitrogens is 2. The highest BCUT2D eigenvalue weighted by molar-refractivity contribution is 5.96. The molecule has 124 valence electrons. The van der Waals surface area contributed by atoms with Crippen molar-refractivity contribution in [1.82, 2.24) is 9.97 Å². The summed E-state index contributed by atoms with van der Waals surface area (Å²) in [7, 11) is 0. The first-order valence-electron chi connectivity index (χ1n) is 6.11. The molecule has 1 aromatic rings. The van der Waals surface area contributed by atoms with Crippen molar-refractivity contribution < 1.29 is 35.9 Å². The highest BCUT2D eigenvalue weighted by Gasteiger charge is 2.38. The van der Waals surface area contributed by atoms with Gasteiger partial charge in [-0.25, -0.2) is 4.98 Å². The summed E-state index contributed by atoms with van der Waals surface area (Å²) >= 11 is 0. The molecule has 1 atom stereocenters. The van der Waals surface area contributed by atoms with Gasteiger partial charge in [0, 0.05) is 6.20 Å². The molecule has 0 saturated heterocycles. The summed E-state index contributed by atoms with van der Waals surface area (Å²) in [5.41, 5.74) is -2.58. The van der Waals surface area contributed by atoms with Crippen LogP contribution in [0.5, 0.6) is 6.01 Å². The summed E-state index contributed by atoms with van der Waals surface area (Å²) in [6, 6.07) is -0.216. The van der Waals surface area contributed by atoms with Crippen LogP contribution in [0.15, 0.2) is 35.7 Å². The molecule has 10 heteroatoms. The third kappa shape index (κ3) is 3.88. The van der Waals surface area contributed by atoms with E-state index in [1.165, 1.54) is 6.92 Å². The Hall–Kier alpha value is -2.39. The molecule has 0 aliphatic heterocycles. The molecule has 0 aromatic carbocycles. The van der Waals surface area contributed by atoms with Crippen LogP contribution in [-0.4, -0.2) is 21.9 Å². The van der Waals surface area contributed by atoms with Crippen molar-refractivity contribution in [3.05, 3.63) is 41.4 Å². The molecule has 2 rings (SSSR count). The van der Waals surface area contributed by atoms with Crippen LogP contribution in [0, 0.1) is 5.92 Å². The van der Waals surface area contributed by atoms with Gasteiger partial charge in [-0.05, 0) is 25.1 Å². The van der Waals surface area contributed by atoms with Gasteiger partial charge >= 0.3 is 18.4 Å². The van der Waals surface area contributed by atoms with Crippen LogP contribution in [0.25, 0.3) is 0 Å². The molecule has 0 saturated carbocycles. The zero-order valence-corrected chi connectivity index (χ0v) is 11.4. The number of carbonyl (C=O) groups excluding carboxylic acids is 1. The van der Waals surface area contributed by atoms with E-state index < -0.39 is 47.1 Å². The number of rotatable bonds is 2. The van der Waals surface area contributed by atoms with Gasteiger partial charge in [-0.1, -0.05) is 0 Å². The second kappa shape index (κ2) is 5.67. The molecule has 1 heterocycles. The first-order valence-corrected chi connectivity index (χ1v) is 6.11. The first-order chi connectivity index (χ1) is 10.5. The number of alkyl halides is 6. The predicted molar refractivity (Wildman–Crippen MR) is 64.1 cm³/mol. The van der Waals surface area contributed by atoms with Crippen molar-refractivity contribution in [1.29, 1.82) is 0 Å². The van der Waals surface area contributed by atoms with Gasteiger partial charge in [0.25, 0.3) is 0 Å². The smallest absolute Gasteiger partial charge is 0.428 e. The highest BCUT2D eigenvalue weighted by Crippen LogP contribution is 2.33. The molecule has 0 bridgehead atoms. The Morgan fingerprint density at radius 1 is 1.09 bits per heavy atom. The number of nitrogens with zero attached hydrogens (tertiary/aromatic N) is 2. The average Bonchev–Trinajstić information content (AvgIpc) is 2.42. The van der Waals surface area contributed by atoms with E-state index in [1.54, 1.807) is 0 Å². The molecule has 0 fully saturated rings. The minimum Gasteiger partial charge on any atom is -0.428 e.